The lowest BCUT2D eigenvalue weighted by Crippen LogP contribution is -2.29. The zero-order valence-electron chi connectivity index (χ0n) is 16.8. The molecule has 1 aliphatic carbocycles. The van der Waals surface area contributed by atoms with E-state index in [1.54, 1.807) is 0 Å². The van der Waals surface area contributed by atoms with Crippen LogP contribution < -0.4 is 5.32 Å². The summed E-state index contributed by atoms with van der Waals surface area (Å²) in [6.45, 7) is 8.18. The Kier molecular flexibility index (Phi) is 9.20. The molecule has 0 aromatic heterocycles. The summed E-state index contributed by atoms with van der Waals surface area (Å²) >= 11 is 0. The number of ketones is 2. The summed E-state index contributed by atoms with van der Waals surface area (Å²) in [7, 11) is 1.32. The van der Waals surface area contributed by atoms with E-state index in [4.69, 9.17) is 4.74 Å². The van der Waals surface area contributed by atoms with E-state index < -0.39 is 17.5 Å². The zero-order valence-corrected chi connectivity index (χ0v) is 16.8. The monoisotopic (exact) mass is 371 g/mol. The standard InChI is InChI=1S/C22H29NO4/c1-15(2)8-6-9-16(3)10-7-11-17(4)12-22(26)23-18-13-20(25)21(27-5)14-19(18)24/h8,10,12-14H,6-7,9,11H2,1-5H3,(H,23,26). The van der Waals surface area contributed by atoms with Gasteiger partial charge in [-0.15, -0.1) is 0 Å². The van der Waals surface area contributed by atoms with Crippen LogP contribution in [0.15, 0.2) is 58.6 Å². The van der Waals surface area contributed by atoms with Crippen LogP contribution in [0.1, 0.15) is 53.4 Å². The summed E-state index contributed by atoms with van der Waals surface area (Å²) in [6.07, 6.45) is 11.7. The van der Waals surface area contributed by atoms with Crippen LogP contribution in [0.3, 0.4) is 0 Å². The lowest BCUT2D eigenvalue weighted by Gasteiger charge is -2.11. The maximum Gasteiger partial charge on any atom is 0.248 e. The van der Waals surface area contributed by atoms with Crippen molar-refractivity contribution in [1.82, 2.24) is 5.32 Å². The maximum atomic E-state index is 12.1. The van der Waals surface area contributed by atoms with Crippen LogP contribution in [-0.2, 0) is 19.1 Å². The quantitative estimate of drug-likeness (QED) is 0.376. The number of amides is 1. The van der Waals surface area contributed by atoms with E-state index in [0.717, 1.165) is 43.4 Å². The first kappa shape index (κ1) is 22.4. The first-order valence-electron chi connectivity index (χ1n) is 9.06. The van der Waals surface area contributed by atoms with Crippen molar-refractivity contribution in [2.75, 3.05) is 7.11 Å². The number of allylic oxidation sites excluding steroid dienone is 7. The number of carbonyl (C=O) groups excluding carboxylic acids is 3. The molecule has 0 heterocycles. The molecule has 27 heavy (non-hydrogen) atoms. The van der Waals surface area contributed by atoms with Gasteiger partial charge in [0.15, 0.2) is 5.76 Å². The molecule has 0 aromatic rings. The molecule has 0 saturated heterocycles. The van der Waals surface area contributed by atoms with Crippen molar-refractivity contribution in [3.8, 4) is 0 Å². The van der Waals surface area contributed by atoms with Gasteiger partial charge in [0.05, 0.1) is 12.8 Å². The molecule has 1 amide bonds. The Bertz CT molecular complexity index is 744. The Hall–Kier alpha value is -2.69. The minimum atomic E-state index is -0.458. The molecule has 0 aliphatic heterocycles. The molecule has 0 atom stereocenters. The average Bonchev–Trinajstić information content (AvgIpc) is 2.57. The van der Waals surface area contributed by atoms with Crippen LogP contribution in [0, 0.1) is 0 Å². The van der Waals surface area contributed by atoms with Gasteiger partial charge in [0.2, 0.25) is 17.5 Å². The summed E-state index contributed by atoms with van der Waals surface area (Å²) in [5, 5.41) is 2.47. The summed E-state index contributed by atoms with van der Waals surface area (Å²) in [6, 6.07) is 0. The SMILES string of the molecule is COC1=CC(=O)C(NC(=O)C=C(C)CCC=C(C)CCC=C(C)C)=CC1=O. The second-order valence-corrected chi connectivity index (χ2v) is 6.89. The summed E-state index contributed by atoms with van der Waals surface area (Å²) in [5.41, 5.74) is 3.53. The van der Waals surface area contributed by atoms with Crippen LogP contribution in [0.25, 0.3) is 0 Å². The number of hydrogen-bond donors (Lipinski definition) is 1. The molecule has 1 rings (SSSR count). The summed E-state index contributed by atoms with van der Waals surface area (Å²) in [5.74, 6) is -1.35. The fourth-order valence-corrected chi connectivity index (χ4v) is 2.50. The van der Waals surface area contributed by atoms with Gasteiger partial charge >= 0.3 is 0 Å². The minimum absolute atomic E-state index is 0.0310. The van der Waals surface area contributed by atoms with Crippen LogP contribution >= 0.6 is 0 Å². The van der Waals surface area contributed by atoms with Crippen molar-refractivity contribution in [3.05, 3.63) is 58.6 Å². The number of methoxy groups -OCH3 is 1. The lowest BCUT2D eigenvalue weighted by molar-refractivity contribution is -0.119. The third kappa shape index (κ3) is 8.49. The fourth-order valence-electron chi connectivity index (χ4n) is 2.50. The number of hydrogen-bond acceptors (Lipinski definition) is 4. The first-order valence-corrected chi connectivity index (χ1v) is 9.06. The molecule has 1 aliphatic rings. The smallest absolute Gasteiger partial charge is 0.248 e. The van der Waals surface area contributed by atoms with Gasteiger partial charge in [-0.1, -0.05) is 28.9 Å². The van der Waals surface area contributed by atoms with Gasteiger partial charge in [-0.3, -0.25) is 14.4 Å². The second-order valence-electron chi connectivity index (χ2n) is 6.89. The van der Waals surface area contributed by atoms with E-state index >= 15 is 0 Å². The third-order valence-corrected chi connectivity index (χ3v) is 4.02. The van der Waals surface area contributed by atoms with Crippen LogP contribution in [0.5, 0.6) is 0 Å². The highest BCUT2D eigenvalue weighted by atomic mass is 16.5. The van der Waals surface area contributed by atoms with E-state index in [2.05, 4.69) is 38.2 Å². The van der Waals surface area contributed by atoms with Crippen molar-refractivity contribution in [2.45, 2.75) is 53.4 Å². The maximum absolute atomic E-state index is 12.1. The van der Waals surface area contributed by atoms with Crippen molar-refractivity contribution >= 4 is 17.5 Å². The molecule has 0 radical (unpaired) electrons. The third-order valence-electron chi connectivity index (χ3n) is 4.02. The molecular formula is C22H29NO4. The van der Waals surface area contributed by atoms with Gasteiger partial charge in [-0.2, -0.15) is 0 Å². The van der Waals surface area contributed by atoms with Gasteiger partial charge in [0.1, 0.15) is 0 Å². The Morgan fingerprint density at radius 2 is 1.59 bits per heavy atom. The van der Waals surface area contributed by atoms with Crippen molar-refractivity contribution < 1.29 is 19.1 Å². The molecule has 0 bridgehead atoms. The molecule has 5 heteroatoms. The molecule has 5 nitrogen and oxygen atoms in total. The first-order chi connectivity index (χ1) is 12.7. The molecule has 0 saturated carbocycles. The lowest BCUT2D eigenvalue weighted by atomic mass is 10.1. The minimum Gasteiger partial charge on any atom is -0.493 e. The van der Waals surface area contributed by atoms with Crippen LogP contribution in [0.4, 0.5) is 0 Å². The van der Waals surface area contributed by atoms with Gasteiger partial charge in [0, 0.05) is 18.2 Å². The van der Waals surface area contributed by atoms with Crippen LogP contribution in [-0.4, -0.2) is 24.6 Å². The van der Waals surface area contributed by atoms with Crippen molar-refractivity contribution in [3.63, 3.8) is 0 Å². The topological polar surface area (TPSA) is 72.5 Å². The molecule has 1 N–H and O–H groups in total. The summed E-state index contributed by atoms with van der Waals surface area (Å²) in [4.78, 5) is 35.6. The molecule has 0 unspecified atom stereocenters. The predicted molar refractivity (Wildman–Crippen MR) is 107 cm³/mol. The average molecular weight is 371 g/mol. The van der Waals surface area contributed by atoms with Crippen molar-refractivity contribution in [1.29, 1.82) is 0 Å². The number of nitrogens with one attached hydrogen (secondary N) is 1. The summed E-state index contributed by atoms with van der Waals surface area (Å²) < 4.78 is 4.80. The molecule has 146 valence electrons. The number of rotatable bonds is 9. The highest BCUT2D eigenvalue weighted by molar-refractivity contribution is 6.20. The van der Waals surface area contributed by atoms with E-state index in [1.165, 1.54) is 24.3 Å². The predicted octanol–water partition coefficient (Wildman–Crippen LogP) is 4.09. The largest absolute Gasteiger partial charge is 0.493 e. The zero-order chi connectivity index (χ0) is 20.4. The van der Waals surface area contributed by atoms with Gasteiger partial charge in [0.25, 0.3) is 0 Å². The van der Waals surface area contributed by atoms with Gasteiger partial charge in [-0.25, -0.2) is 0 Å². The Morgan fingerprint density at radius 1 is 0.963 bits per heavy atom. The normalized spacial score (nSPS) is 15.1. The number of ether oxygens (including phenoxy) is 1. The highest BCUT2D eigenvalue weighted by Gasteiger charge is 2.21. The highest BCUT2D eigenvalue weighted by Crippen LogP contribution is 2.13. The van der Waals surface area contributed by atoms with E-state index in [1.807, 2.05) is 6.92 Å². The van der Waals surface area contributed by atoms with Gasteiger partial charge in [-0.05, 0) is 53.4 Å². The molecule has 0 spiro atoms. The van der Waals surface area contributed by atoms with Gasteiger partial charge < -0.3 is 10.1 Å². The molecular weight excluding hydrogens is 342 g/mol. The Balaban J connectivity index is 2.51. The van der Waals surface area contributed by atoms with E-state index in [9.17, 15) is 14.4 Å². The van der Waals surface area contributed by atoms with E-state index in [-0.39, 0.29) is 11.5 Å². The second kappa shape index (κ2) is 11.1. The van der Waals surface area contributed by atoms with E-state index in [0.29, 0.717) is 0 Å². The number of carbonyl (C=O) groups is 3. The Labute approximate surface area is 161 Å². The molecule has 0 aromatic carbocycles. The van der Waals surface area contributed by atoms with Crippen molar-refractivity contribution in [2.24, 2.45) is 0 Å². The molecule has 0 fully saturated rings. The van der Waals surface area contributed by atoms with Crippen LogP contribution in [0.2, 0.25) is 0 Å². The fraction of sp³-hybridized carbons (Fsp3) is 0.409. The Morgan fingerprint density at radius 3 is 2.22 bits per heavy atom.